The molecule has 1 rings (SSSR count). The molecular weight excluding hydrogens is 244 g/mol. The first-order valence-electron chi connectivity index (χ1n) is 7.08. The molecule has 1 aliphatic heterocycles. The van der Waals surface area contributed by atoms with Crippen LogP contribution < -0.4 is 5.32 Å². The van der Waals surface area contributed by atoms with Crippen LogP contribution in [0.4, 0.5) is 0 Å². The number of rotatable bonds is 6. The third-order valence-electron chi connectivity index (χ3n) is 3.67. The normalized spacial score (nSPS) is 21.4. The summed E-state index contributed by atoms with van der Waals surface area (Å²) in [6.07, 6.45) is 2.68. The number of hydrogen-bond donors (Lipinski definition) is 1. The Morgan fingerprint density at radius 3 is 2.63 bits per heavy atom. The zero-order valence-electron chi connectivity index (χ0n) is 12.4. The van der Waals surface area contributed by atoms with E-state index in [4.69, 9.17) is 4.74 Å². The first kappa shape index (κ1) is 16.0. The number of amides is 1. The lowest BCUT2D eigenvalue weighted by atomic mass is 10.1. The Balaban J connectivity index is 2.48. The van der Waals surface area contributed by atoms with Crippen molar-refractivity contribution in [3.63, 3.8) is 0 Å². The number of nitrogens with one attached hydrogen (secondary N) is 1. The summed E-state index contributed by atoms with van der Waals surface area (Å²) in [5.41, 5.74) is 0. The standard InChI is InChI=1S/C14H26N2O3/c1-10(2)7-8-15-13(17)11(3)16-9-5-6-12(16)14(18)19-4/h10-12H,5-9H2,1-4H3,(H,15,17). The molecule has 0 aromatic heterocycles. The van der Waals surface area contributed by atoms with E-state index in [9.17, 15) is 9.59 Å². The fourth-order valence-corrected chi connectivity index (χ4v) is 2.42. The van der Waals surface area contributed by atoms with Crippen LogP contribution in [0.1, 0.15) is 40.0 Å². The average Bonchev–Trinajstić information content (AvgIpc) is 2.85. The second-order valence-electron chi connectivity index (χ2n) is 5.57. The maximum Gasteiger partial charge on any atom is 0.323 e. The summed E-state index contributed by atoms with van der Waals surface area (Å²) in [5, 5.41) is 2.94. The molecule has 5 heteroatoms. The Morgan fingerprint density at radius 1 is 1.37 bits per heavy atom. The van der Waals surface area contributed by atoms with Crippen molar-refractivity contribution in [1.29, 1.82) is 0 Å². The van der Waals surface area contributed by atoms with Gasteiger partial charge in [-0.05, 0) is 38.6 Å². The van der Waals surface area contributed by atoms with E-state index in [0.29, 0.717) is 12.5 Å². The Morgan fingerprint density at radius 2 is 2.05 bits per heavy atom. The second-order valence-corrected chi connectivity index (χ2v) is 5.57. The fraction of sp³-hybridized carbons (Fsp3) is 0.857. The lowest BCUT2D eigenvalue weighted by Crippen LogP contribution is -2.50. The van der Waals surface area contributed by atoms with Crippen molar-refractivity contribution in [2.45, 2.75) is 52.1 Å². The molecule has 1 amide bonds. The van der Waals surface area contributed by atoms with E-state index in [2.05, 4.69) is 19.2 Å². The Hall–Kier alpha value is -1.10. The summed E-state index contributed by atoms with van der Waals surface area (Å²) in [4.78, 5) is 25.7. The van der Waals surface area contributed by atoms with E-state index in [-0.39, 0.29) is 24.0 Å². The molecule has 5 nitrogen and oxygen atoms in total. The van der Waals surface area contributed by atoms with Crippen LogP contribution in [0.25, 0.3) is 0 Å². The molecule has 2 atom stereocenters. The number of esters is 1. The summed E-state index contributed by atoms with van der Waals surface area (Å²) in [6.45, 7) is 7.58. The predicted octanol–water partition coefficient (Wildman–Crippen LogP) is 1.17. The summed E-state index contributed by atoms with van der Waals surface area (Å²) < 4.78 is 4.79. The molecule has 0 aliphatic carbocycles. The fourth-order valence-electron chi connectivity index (χ4n) is 2.42. The Labute approximate surface area is 115 Å². The lowest BCUT2D eigenvalue weighted by Gasteiger charge is -2.28. The molecule has 1 fully saturated rings. The Bertz CT molecular complexity index is 318. The van der Waals surface area contributed by atoms with Gasteiger partial charge in [-0.3, -0.25) is 14.5 Å². The monoisotopic (exact) mass is 270 g/mol. The molecule has 0 spiro atoms. The van der Waals surface area contributed by atoms with Gasteiger partial charge in [0.15, 0.2) is 0 Å². The van der Waals surface area contributed by atoms with E-state index in [0.717, 1.165) is 25.8 Å². The van der Waals surface area contributed by atoms with Gasteiger partial charge in [-0.15, -0.1) is 0 Å². The summed E-state index contributed by atoms with van der Waals surface area (Å²) in [6, 6.07) is -0.547. The first-order valence-corrected chi connectivity index (χ1v) is 7.08. The van der Waals surface area contributed by atoms with Crippen molar-refractivity contribution in [2.24, 2.45) is 5.92 Å². The molecule has 0 radical (unpaired) electrons. The van der Waals surface area contributed by atoms with Crippen LogP contribution >= 0.6 is 0 Å². The van der Waals surface area contributed by atoms with Crippen molar-refractivity contribution >= 4 is 11.9 Å². The highest BCUT2D eigenvalue weighted by atomic mass is 16.5. The molecule has 1 heterocycles. The molecule has 0 aromatic rings. The van der Waals surface area contributed by atoms with Crippen LogP contribution in [0.15, 0.2) is 0 Å². The van der Waals surface area contributed by atoms with Gasteiger partial charge in [-0.2, -0.15) is 0 Å². The van der Waals surface area contributed by atoms with Crippen molar-refractivity contribution in [3.8, 4) is 0 Å². The van der Waals surface area contributed by atoms with Gasteiger partial charge in [-0.25, -0.2) is 0 Å². The highest BCUT2D eigenvalue weighted by Crippen LogP contribution is 2.21. The van der Waals surface area contributed by atoms with Gasteiger partial charge in [0.25, 0.3) is 0 Å². The molecule has 0 aromatic carbocycles. The average molecular weight is 270 g/mol. The predicted molar refractivity (Wildman–Crippen MR) is 73.7 cm³/mol. The number of carbonyl (C=O) groups is 2. The number of methoxy groups -OCH3 is 1. The lowest BCUT2D eigenvalue weighted by molar-refractivity contribution is -0.147. The number of hydrogen-bond acceptors (Lipinski definition) is 4. The maximum atomic E-state index is 12.1. The van der Waals surface area contributed by atoms with E-state index in [1.807, 2.05) is 11.8 Å². The van der Waals surface area contributed by atoms with Crippen molar-refractivity contribution in [3.05, 3.63) is 0 Å². The zero-order chi connectivity index (χ0) is 14.4. The summed E-state index contributed by atoms with van der Waals surface area (Å²) in [7, 11) is 1.40. The van der Waals surface area contributed by atoms with Crippen LogP contribution in [0, 0.1) is 5.92 Å². The molecule has 1 N–H and O–H groups in total. The quantitative estimate of drug-likeness (QED) is 0.736. The van der Waals surface area contributed by atoms with Crippen molar-refractivity contribution < 1.29 is 14.3 Å². The minimum atomic E-state index is -0.279. The van der Waals surface area contributed by atoms with Gasteiger partial charge < -0.3 is 10.1 Å². The van der Waals surface area contributed by atoms with Crippen LogP contribution in [-0.4, -0.2) is 49.1 Å². The smallest absolute Gasteiger partial charge is 0.323 e. The van der Waals surface area contributed by atoms with Crippen molar-refractivity contribution in [1.82, 2.24) is 10.2 Å². The molecule has 0 bridgehead atoms. The van der Waals surface area contributed by atoms with Gasteiger partial charge in [0, 0.05) is 6.54 Å². The van der Waals surface area contributed by atoms with Crippen molar-refractivity contribution in [2.75, 3.05) is 20.2 Å². The first-order chi connectivity index (χ1) is 8.97. The maximum absolute atomic E-state index is 12.1. The van der Waals surface area contributed by atoms with E-state index in [1.165, 1.54) is 7.11 Å². The molecule has 19 heavy (non-hydrogen) atoms. The van der Waals surface area contributed by atoms with Crippen LogP contribution in [-0.2, 0) is 14.3 Å². The van der Waals surface area contributed by atoms with E-state index < -0.39 is 0 Å². The van der Waals surface area contributed by atoms with Gasteiger partial charge in [0.1, 0.15) is 6.04 Å². The number of likely N-dealkylation sites (tertiary alicyclic amines) is 1. The molecule has 2 unspecified atom stereocenters. The summed E-state index contributed by atoms with van der Waals surface area (Å²) in [5.74, 6) is 0.334. The van der Waals surface area contributed by atoms with Gasteiger partial charge in [0.2, 0.25) is 5.91 Å². The molecule has 0 saturated carbocycles. The van der Waals surface area contributed by atoms with Gasteiger partial charge in [-0.1, -0.05) is 13.8 Å². The minimum absolute atomic E-state index is 0.00328. The third-order valence-corrected chi connectivity index (χ3v) is 3.67. The van der Waals surface area contributed by atoms with Crippen LogP contribution in [0.3, 0.4) is 0 Å². The zero-order valence-corrected chi connectivity index (χ0v) is 12.4. The van der Waals surface area contributed by atoms with Gasteiger partial charge in [0.05, 0.1) is 13.2 Å². The molecule has 110 valence electrons. The highest BCUT2D eigenvalue weighted by Gasteiger charge is 2.36. The van der Waals surface area contributed by atoms with E-state index >= 15 is 0 Å². The number of nitrogens with zero attached hydrogens (tertiary/aromatic N) is 1. The molecule has 1 aliphatic rings. The Kier molecular flexibility index (Phi) is 6.28. The largest absolute Gasteiger partial charge is 0.468 e. The minimum Gasteiger partial charge on any atom is -0.468 e. The number of ether oxygens (including phenoxy) is 1. The molecule has 1 saturated heterocycles. The highest BCUT2D eigenvalue weighted by molar-refractivity contribution is 5.83. The molecular formula is C14H26N2O3. The SMILES string of the molecule is COC(=O)C1CCCN1C(C)C(=O)NCCC(C)C. The third kappa shape index (κ3) is 4.49. The van der Waals surface area contributed by atoms with E-state index in [1.54, 1.807) is 0 Å². The van der Waals surface area contributed by atoms with Gasteiger partial charge >= 0.3 is 5.97 Å². The van der Waals surface area contributed by atoms with Crippen LogP contribution in [0.2, 0.25) is 0 Å². The van der Waals surface area contributed by atoms with Crippen LogP contribution in [0.5, 0.6) is 0 Å². The summed E-state index contributed by atoms with van der Waals surface area (Å²) >= 11 is 0. The topological polar surface area (TPSA) is 58.6 Å². The number of carbonyl (C=O) groups excluding carboxylic acids is 2. The second kappa shape index (κ2) is 7.48.